The van der Waals surface area contributed by atoms with Gasteiger partial charge in [-0.3, -0.25) is 0 Å². The molecule has 1 aliphatic carbocycles. The fourth-order valence-electron chi connectivity index (χ4n) is 4.19. The lowest BCUT2D eigenvalue weighted by atomic mass is 9.58. The lowest BCUT2D eigenvalue weighted by Gasteiger charge is -2.55. The van der Waals surface area contributed by atoms with E-state index in [2.05, 4.69) is 76.7 Å². The standard InChI is InChI=1S/C17H21Br2N/c1-9(2)7-12-16-15-11(19)6-5-10(18)14(15)13(20-12)8-17(16,3)4/h5-6,12-13,16,20H,1,7-8H2,2-4H3/t12-,13-,16+/m0/s1. The number of piperidine rings is 1. The van der Waals surface area contributed by atoms with Crippen LogP contribution in [0.15, 0.2) is 33.2 Å². The molecule has 0 aromatic heterocycles. The van der Waals surface area contributed by atoms with E-state index in [1.54, 1.807) is 0 Å². The zero-order valence-electron chi connectivity index (χ0n) is 12.3. The number of hydrogen-bond acceptors (Lipinski definition) is 1. The molecule has 3 aliphatic rings. The molecular formula is C17H21Br2N. The summed E-state index contributed by atoms with van der Waals surface area (Å²) in [6.45, 7) is 11.1. The van der Waals surface area contributed by atoms with Crippen molar-refractivity contribution in [1.29, 1.82) is 0 Å². The largest absolute Gasteiger partial charge is 0.306 e. The van der Waals surface area contributed by atoms with E-state index in [9.17, 15) is 0 Å². The van der Waals surface area contributed by atoms with E-state index < -0.39 is 0 Å². The fraction of sp³-hybridized carbons (Fsp3) is 0.529. The maximum Gasteiger partial charge on any atom is 0.0342 e. The van der Waals surface area contributed by atoms with Crippen molar-refractivity contribution in [2.24, 2.45) is 5.41 Å². The zero-order valence-corrected chi connectivity index (χ0v) is 15.4. The first kappa shape index (κ1) is 14.8. The van der Waals surface area contributed by atoms with E-state index in [-0.39, 0.29) is 0 Å². The third kappa shape index (κ3) is 2.22. The molecule has 1 aromatic carbocycles. The Kier molecular flexibility index (Phi) is 3.67. The number of fused-ring (bicyclic) bond motifs is 2. The fourth-order valence-corrected chi connectivity index (χ4v) is 5.41. The van der Waals surface area contributed by atoms with Crippen molar-refractivity contribution < 1.29 is 0 Å². The van der Waals surface area contributed by atoms with Crippen LogP contribution in [0.5, 0.6) is 0 Å². The monoisotopic (exact) mass is 397 g/mol. The molecule has 108 valence electrons. The van der Waals surface area contributed by atoms with Gasteiger partial charge in [-0.15, -0.1) is 6.58 Å². The maximum absolute atomic E-state index is 4.12. The Bertz CT molecular complexity index is 577. The van der Waals surface area contributed by atoms with Crippen LogP contribution in [0.4, 0.5) is 0 Å². The van der Waals surface area contributed by atoms with E-state index in [1.807, 2.05) is 0 Å². The normalized spacial score (nSPS) is 30.1. The number of hydrogen-bond donors (Lipinski definition) is 1. The van der Waals surface area contributed by atoms with Gasteiger partial charge >= 0.3 is 0 Å². The molecule has 3 atom stereocenters. The molecule has 1 aromatic rings. The van der Waals surface area contributed by atoms with Crippen molar-refractivity contribution in [2.45, 2.75) is 51.6 Å². The summed E-state index contributed by atoms with van der Waals surface area (Å²) in [4.78, 5) is 0. The highest BCUT2D eigenvalue weighted by Gasteiger charge is 2.50. The van der Waals surface area contributed by atoms with Crippen molar-refractivity contribution in [2.75, 3.05) is 0 Å². The third-order valence-corrected chi connectivity index (χ3v) is 6.18. The van der Waals surface area contributed by atoms with Gasteiger partial charge in [0.05, 0.1) is 0 Å². The van der Waals surface area contributed by atoms with Gasteiger partial charge in [0.2, 0.25) is 0 Å². The molecule has 4 rings (SSSR count). The first-order chi connectivity index (χ1) is 9.31. The van der Waals surface area contributed by atoms with Gasteiger partial charge in [0.25, 0.3) is 0 Å². The van der Waals surface area contributed by atoms with Crippen LogP contribution in [-0.2, 0) is 0 Å². The Morgan fingerprint density at radius 2 is 1.90 bits per heavy atom. The Balaban J connectivity index is 2.16. The summed E-state index contributed by atoms with van der Waals surface area (Å²) in [7, 11) is 0. The predicted molar refractivity (Wildman–Crippen MR) is 92.1 cm³/mol. The summed E-state index contributed by atoms with van der Waals surface area (Å²) < 4.78 is 2.49. The summed E-state index contributed by atoms with van der Waals surface area (Å²) in [5, 5.41) is 3.85. The zero-order chi connectivity index (χ0) is 14.7. The summed E-state index contributed by atoms with van der Waals surface area (Å²) in [6, 6.07) is 5.28. The number of rotatable bonds is 2. The van der Waals surface area contributed by atoms with Gasteiger partial charge in [0, 0.05) is 26.9 Å². The molecule has 0 radical (unpaired) electrons. The molecule has 1 fully saturated rings. The molecular weight excluding hydrogens is 378 g/mol. The van der Waals surface area contributed by atoms with Gasteiger partial charge in [0.1, 0.15) is 0 Å². The molecule has 1 N–H and O–H groups in total. The lowest BCUT2D eigenvalue weighted by Crippen LogP contribution is -2.54. The quantitative estimate of drug-likeness (QED) is 0.629. The van der Waals surface area contributed by atoms with Crippen LogP contribution >= 0.6 is 31.9 Å². The molecule has 1 saturated heterocycles. The molecule has 20 heavy (non-hydrogen) atoms. The highest BCUT2D eigenvalue weighted by atomic mass is 79.9. The van der Waals surface area contributed by atoms with E-state index in [4.69, 9.17) is 0 Å². The van der Waals surface area contributed by atoms with Gasteiger partial charge in [-0.2, -0.15) is 0 Å². The van der Waals surface area contributed by atoms with Crippen LogP contribution in [0.2, 0.25) is 0 Å². The highest BCUT2D eigenvalue weighted by Crippen LogP contribution is 2.58. The Morgan fingerprint density at radius 1 is 1.30 bits per heavy atom. The van der Waals surface area contributed by atoms with Crippen LogP contribution in [0.1, 0.15) is 56.7 Å². The average molecular weight is 399 g/mol. The molecule has 1 nitrogen and oxygen atoms in total. The van der Waals surface area contributed by atoms with Crippen molar-refractivity contribution in [3.05, 3.63) is 44.4 Å². The average Bonchev–Trinajstić information content (AvgIpc) is 2.31. The van der Waals surface area contributed by atoms with Gasteiger partial charge < -0.3 is 5.32 Å². The van der Waals surface area contributed by atoms with E-state index in [0.717, 1.165) is 6.42 Å². The SMILES string of the molecule is C=C(C)C[C@@H]1N[C@H]2CC(C)(C)[C@H]1c1c(Br)ccc(Br)c12. The second-order valence-electron chi connectivity index (χ2n) is 7.01. The summed E-state index contributed by atoms with van der Waals surface area (Å²) in [5.74, 6) is 0.533. The van der Waals surface area contributed by atoms with Gasteiger partial charge in [-0.25, -0.2) is 0 Å². The van der Waals surface area contributed by atoms with Crippen molar-refractivity contribution in [3.8, 4) is 0 Å². The van der Waals surface area contributed by atoms with Crippen molar-refractivity contribution in [1.82, 2.24) is 5.32 Å². The number of halogens is 2. The number of nitrogens with one attached hydrogen (secondary N) is 1. The first-order valence-electron chi connectivity index (χ1n) is 7.19. The molecule has 0 unspecified atom stereocenters. The molecule has 0 saturated carbocycles. The smallest absolute Gasteiger partial charge is 0.0342 e. The van der Waals surface area contributed by atoms with Crippen LogP contribution in [0, 0.1) is 5.41 Å². The Labute approximate surface area is 138 Å². The Hall–Kier alpha value is -0.120. The van der Waals surface area contributed by atoms with Gasteiger partial charge in [-0.05, 0) is 48.4 Å². The summed E-state index contributed by atoms with van der Waals surface area (Å²) >= 11 is 7.54. The highest BCUT2D eigenvalue weighted by molar-refractivity contribution is 9.11. The molecule has 0 spiro atoms. The molecule has 2 bridgehead atoms. The molecule has 2 heterocycles. The first-order valence-corrected chi connectivity index (χ1v) is 8.78. The summed E-state index contributed by atoms with van der Waals surface area (Å²) in [5.41, 5.74) is 4.55. The van der Waals surface area contributed by atoms with Gasteiger partial charge in [0.15, 0.2) is 0 Å². The molecule has 2 aliphatic heterocycles. The molecule has 0 amide bonds. The third-order valence-electron chi connectivity index (χ3n) is 4.80. The minimum absolute atomic E-state index is 0.326. The van der Waals surface area contributed by atoms with E-state index >= 15 is 0 Å². The summed E-state index contributed by atoms with van der Waals surface area (Å²) in [6.07, 6.45) is 2.26. The van der Waals surface area contributed by atoms with Gasteiger partial charge in [-0.1, -0.05) is 51.3 Å². The van der Waals surface area contributed by atoms with Crippen LogP contribution in [-0.4, -0.2) is 6.04 Å². The van der Waals surface area contributed by atoms with Crippen molar-refractivity contribution in [3.63, 3.8) is 0 Å². The Morgan fingerprint density at radius 3 is 2.50 bits per heavy atom. The van der Waals surface area contributed by atoms with E-state index in [0.29, 0.717) is 23.4 Å². The number of benzene rings is 1. The van der Waals surface area contributed by atoms with E-state index in [1.165, 1.54) is 32.1 Å². The van der Waals surface area contributed by atoms with Crippen LogP contribution in [0.25, 0.3) is 0 Å². The second-order valence-corrected chi connectivity index (χ2v) is 8.72. The predicted octanol–water partition coefficient (Wildman–Crippen LogP) is 5.70. The lowest BCUT2D eigenvalue weighted by molar-refractivity contribution is 0.102. The van der Waals surface area contributed by atoms with Crippen LogP contribution in [0.3, 0.4) is 0 Å². The topological polar surface area (TPSA) is 12.0 Å². The van der Waals surface area contributed by atoms with Crippen LogP contribution < -0.4 is 5.32 Å². The van der Waals surface area contributed by atoms with Crippen molar-refractivity contribution >= 4 is 31.9 Å². The second kappa shape index (κ2) is 4.96. The minimum Gasteiger partial charge on any atom is -0.306 e. The minimum atomic E-state index is 0.326. The molecule has 3 heteroatoms. The maximum atomic E-state index is 4.12.